The Hall–Kier alpha value is -3.33. The summed E-state index contributed by atoms with van der Waals surface area (Å²) in [6.45, 7) is 21.7. The van der Waals surface area contributed by atoms with E-state index in [4.69, 9.17) is 9.47 Å². The summed E-state index contributed by atoms with van der Waals surface area (Å²) in [6, 6.07) is 13.2. The molecule has 0 saturated carbocycles. The van der Waals surface area contributed by atoms with E-state index in [1.807, 2.05) is 50.2 Å². The fraction of sp³-hybridized carbons (Fsp3) is 0.192. The van der Waals surface area contributed by atoms with Crippen LogP contribution in [0.25, 0.3) is 11.1 Å². The summed E-state index contributed by atoms with van der Waals surface area (Å²) in [5.41, 5.74) is 5.91. The minimum Gasteiger partial charge on any atom is -0.489 e. The highest BCUT2D eigenvalue weighted by Gasteiger charge is 2.09. The number of ether oxygens (including phenoxy) is 2. The second kappa shape index (κ2) is 9.74. The van der Waals surface area contributed by atoms with Gasteiger partial charge in [0.15, 0.2) is 5.78 Å². The van der Waals surface area contributed by atoms with Gasteiger partial charge in [0.2, 0.25) is 0 Å². The summed E-state index contributed by atoms with van der Waals surface area (Å²) in [4.78, 5) is 12.0. The summed E-state index contributed by atoms with van der Waals surface area (Å²) in [5, 5.41) is 0. The van der Waals surface area contributed by atoms with Crippen molar-refractivity contribution in [1.29, 1.82) is 0 Å². The zero-order chi connectivity index (χ0) is 21.6. The Balaban J connectivity index is 2.22. The molecular weight excluding hydrogens is 360 g/mol. The van der Waals surface area contributed by atoms with Crippen molar-refractivity contribution >= 4 is 5.78 Å². The molecule has 0 saturated heterocycles. The molecule has 0 radical (unpaired) electrons. The maximum Gasteiger partial charge on any atom is 0.159 e. The third kappa shape index (κ3) is 6.35. The summed E-state index contributed by atoms with van der Waals surface area (Å²) < 4.78 is 11.6. The zero-order valence-electron chi connectivity index (χ0n) is 17.5. The molecule has 150 valence electrons. The van der Waals surface area contributed by atoms with Gasteiger partial charge in [-0.05, 0) is 73.4 Å². The van der Waals surface area contributed by atoms with Crippen LogP contribution in [0, 0.1) is 0 Å². The Morgan fingerprint density at radius 2 is 1.24 bits per heavy atom. The summed E-state index contributed by atoms with van der Waals surface area (Å²) in [5.74, 6) is 1.34. The maximum atomic E-state index is 12.0. The lowest BCUT2D eigenvalue weighted by molar-refractivity contribution is 0.101. The van der Waals surface area contributed by atoms with E-state index in [-0.39, 0.29) is 5.78 Å². The van der Waals surface area contributed by atoms with Crippen LogP contribution in [0.4, 0.5) is 0 Å². The molecule has 0 aromatic heterocycles. The highest BCUT2D eigenvalue weighted by molar-refractivity contribution is 5.96. The van der Waals surface area contributed by atoms with Gasteiger partial charge < -0.3 is 9.47 Å². The molecule has 0 aliphatic rings. The van der Waals surface area contributed by atoms with Gasteiger partial charge in [0, 0.05) is 5.56 Å². The molecule has 0 atom stereocenters. The van der Waals surface area contributed by atoms with Crippen molar-refractivity contribution in [3.8, 4) is 22.6 Å². The lowest BCUT2D eigenvalue weighted by Gasteiger charge is -2.13. The Morgan fingerprint density at radius 1 is 0.724 bits per heavy atom. The number of benzene rings is 2. The quantitative estimate of drug-likeness (QED) is 0.341. The lowest BCUT2D eigenvalue weighted by atomic mass is 10.0. The third-order valence-electron chi connectivity index (χ3n) is 4.53. The number of carbonyl (C=O) groups excluding carboxylic acids is 1. The molecule has 0 heterocycles. The minimum absolute atomic E-state index is 0.0197. The van der Waals surface area contributed by atoms with E-state index in [2.05, 4.69) is 26.3 Å². The number of hydrogen-bond acceptors (Lipinski definition) is 3. The second-order valence-corrected chi connectivity index (χ2v) is 7.17. The van der Waals surface area contributed by atoms with E-state index in [9.17, 15) is 4.79 Å². The van der Waals surface area contributed by atoms with Crippen LogP contribution >= 0.6 is 0 Å². The van der Waals surface area contributed by atoms with E-state index in [1.165, 1.54) is 0 Å². The van der Waals surface area contributed by atoms with Crippen LogP contribution in [-0.4, -0.2) is 19.0 Å². The van der Waals surface area contributed by atoms with Crippen molar-refractivity contribution in [2.45, 2.75) is 20.8 Å². The van der Waals surface area contributed by atoms with E-state index >= 15 is 0 Å². The Kier molecular flexibility index (Phi) is 7.38. The molecule has 0 bridgehead atoms. The molecule has 0 amide bonds. The molecule has 3 heteroatoms. The number of ketones is 1. The normalized spacial score (nSPS) is 10.2. The SMILES string of the molecule is C=C(C)C(=C)COc1ccc(-c2cc(OCC(=C)C(=C)C)cc(C(C)=O)c2)cc1. The molecule has 2 rings (SSSR count). The van der Waals surface area contributed by atoms with Crippen LogP contribution in [0.2, 0.25) is 0 Å². The molecular formula is C26H28O3. The highest BCUT2D eigenvalue weighted by Crippen LogP contribution is 2.28. The fourth-order valence-corrected chi connectivity index (χ4v) is 2.38. The molecule has 3 nitrogen and oxygen atoms in total. The first-order valence-electron chi connectivity index (χ1n) is 9.36. The van der Waals surface area contributed by atoms with Gasteiger partial charge in [-0.1, -0.05) is 49.6 Å². The van der Waals surface area contributed by atoms with Gasteiger partial charge in [-0.3, -0.25) is 4.79 Å². The van der Waals surface area contributed by atoms with Crippen LogP contribution in [0.5, 0.6) is 11.5 Å². The number of Topliss-reactive ketones (excluding diaryl/α,β-unsaturated/α-hetero) is 1. The summed E-state index contributed by atoms with van der Waals surface area (Å²) in [7, 11) is 0. The van der Waals surface area contributed by atoms with Crippen molar-refractivity contribution in [1.82, 2.24) is 0 Å². The standard InChI is InChI=1S/C26H28O3/c1-17(2)19(5)15-28-25-10-8-22(9-11-25)24-12-23(21(7)27)13-26(14-24)29-16-20(6)18(3)4/h8-14H,1,3,5-6,15-16H2,2,4,7H3. The molecule has 0 unspecified atom stereocenters. The number of carbonyl (C=O) groups is 1. The van der Waals surface area contributed by atoms with Crippen molar-refractivity contribution in [2.75, 3.05) is 13.2 Å². The van der Waals surface area contributed by atoms with E-state index in [1.54, 1.807) is 13.0 Å². The van der Waals surface area contributed by atoms with Gasteiger partial charge in [-0.15, -0.1) is 0 Å². The molecule has 0 fully saturated rings. The zero-order valence-corrected chi connectivity index (χ0v) is 17.5. The smallest absolute Gasteiger partial charge is 0.159 e. The van der Waals surface area contributed by atoms with Crippen LogP contribution in [0.1, 0.15) is 31.1 Å². The third-order valence-corrected chi connectivity index (χ3v) is 4.53. The average molecular weight is 389 g/mol. The summed E-state index contributed by atoms with van der Waals surface area (Å²) >= 11 is 0. The van der Waals surface area contributed by atoms with Crippen molar-refractivity contribution < 1.29 is 14.3 Å². The van der Waals surface area contributed by atoms with E-state index < -0.39 is 0 Å². The topological polar surface area (TPSA) is 35.5 Å². The van der Waals surface area contributed by atoms with Crippen molar-refractivity contribution in [3.63, 3.8) is 0 Å². The van der Waals surface area contributed by atoms with Gasteiger partial charge in [0.25, 0.3) is 0 Å². The first kappa shape index (κ1) is 22.0. The van der Waals surface area contributed by atoms with Gasteiger partial charge >= 0.3 is 0 Å². The predicted molar refractivity (Wildman–Crippen MR) is 121 cm³/mol. The van der Waals surface area contributed by atoms with E-state index in [0.717, 1.165) is 39.2 Å². The molecule has 0 aliphatic carbocycles. The highest BCUT2D eigenvalue weighted by atomic mass is 16.5. The molecule has 2 aromatic carbocycles. The van der Waals surface area contributed by atoms with Gasteiger partial charge in [-0.2, -0.15) is 0 Å². The van der Waals surface area contributed by atoms with Crippen LogP contribution in [0.3, 0.4) is 0 Å². The van der Waals surface area contributed by atoms with Gasteiger partial charge in [0.05, 0.1) is 0 Å². The minimum atomic E-state index is -0.0197. The van der Waals surface area contributed by atoms with Crippen LogP contribution < -0.4 is 9.47 Å². The first-order valence-corrected chi connectivity index (χ1v) is 9.36. The molecule has 2 aromatic rings. The number of hydrogen-bond donors (Lipinski definition) is 0. The monoisotopic (exact) mass is 388 g/mol. The molecule has 0 N–H and O–H groups in total. The van der Waals surface area contributed by atoms with Crippen molar-refractivity contribution in [3.05, 3.63) is 96.6 Å². The Labute approximate surface area is 173 Å². The van der Waals surface area contributed by atoms with E-state index in [0.29, 0.717) is 24.5 Å². The lowest BCUT2D eigenvalue weighted by Crippen LogP contribution is -2.03. The summed E-state index contributed by atoms with van der Waals surface area (Å²) in [6.07, 6.45) is 0. The predicted octanol–water partition coefficient (Wildman–Crippen LogP) is 6.58. The van der Waals surface area contributed by atoms with Crippen molar-refractivity contribution in [2.24, 2.45) is 0 Å². The van der Waals surface area contributed by atoms with Gasteiger partial charge in [0.1, 0.15) is 24.7 Å². The fourth-order valence-electron chi connectivity index (χ4n) is 2.38. The Bertz CT molecular complexity index is 962. The number of rotatable bonds is 10. The Morgan fingerprint density at radius 3 is 1.72 bits per heavy atom. The maximum absolute atomic E-state index is 12.0. The van der Waals surface area contributed by atoms with Crippen LogP contribution in [-0.2, 0) is 0 Å². The largest absolute Gasteiger partial charge is 0.489 e. The first-order chi connectivity index (χ1) is 13.7. The molecule has 0 spiro atoms. The second-order valence-electron chi connectivity index (χ2n) is 7.17. The molecule has 0 aliphatic heterocycles. The average Bonchev–Trinajstić information content (AvgIpc) is 2.70. The molecule has 29 heavy (non-hydrogen) atoms. The van der Waals surface area contributed by atoms with Gasteiger partial charge in [-0.25, -0.2) is 0 Å². The van der Waals surface area contributed by atoms with Crippen LogP contribution in [0.15, 0.2) is 91.1 Å².